The van der Waals surface area contributed by atoms with Gasteiger partial charge in [-0.15, -0.1) is 0 Å². The third-order valence-electron chi connectivity index (χ3n) is 8.28. The summed E-state index contributed by atoms with van der Waals surface area (Å²) in [5.74, 6) is 0.413. The quantitative estimate of drug-likeness (QED) is 0.145. The molecule has 0 bridgehead atoms. The Morgan fingerprint density at radius 3 is 1.18 bits per heavy atom. The molecule has 3 heterocycles. The van der Waals surface area contributed by atoms with Crippen LogP contribution in [0.1, 0.15) is 110 Å². The molecule has 3 aliphatic rings. The standard InChI is InChI=1S/C24H44O6.C6H14O6.C6H12O/c1-15(2)10-22(7)25-13-18(27-22)20-21(30-24(9,29-20)12-17(5)6)19-14-26-23(8,28-19)11-16(3)4;7-1-3(9)5(11)6(12)4(10)2-8;1-5(2)4-6(3)7/h15-21H,10-14H2,1-9H3;3-12H,1-2H2;5H,4H2,1-3H3/p+1/t18-,19+,20-,21-,22?,23?,24?;3-,4+,5-,6-;/m11./s1. The van der Waals surface area contributed by atoms with Crippen LogP contribution in [0.15, 0.2) is 0 Å². The highest BCUT2D eigenvalue weighted by Crippen LogP contribution is 2.44. The lowest BCUT2D eigenvalue weighted by Crippen LogP contribution is -2.46. The lowest BCUT2D eigenvalue weighted by molar-refractivity contribution is -0.201. The highest BCUT2D eigenvalue weighted by atomic mass is 16.8. The van der Waals surface area contributed by atoms with Crippen molar-refractivity contribution in [1.29, 1.82) is 0 Å². The third kappa shape index (κ3) is 15.8. The van der Waals surface area contributed by atoms with Crippen molar-refractivity contribution < 1.29 is 65.3 Å². The summed E-state index contributed by atoms with van der Waals surface area (Å²) >= 11 is 0. The van der Waals surface area contributed by atoms with Gasteiger partial charge in [0.2, 0.25) is 0 Å². The lowest BCUT2D eigenvalue weighted by atomic mass is 10.0. The van der Waals surface area contributed by atoms with Gasteiger partial charge in [-0.3, -0.25) is 0 Å². The van der Waals surface area contributed by atoms with Crippen molar-refractivity contribution in [3.05, 3.63) is 0 Å². The van der Waals surface area contributed by atoms with Crippen molar-refractivity contribution in [2.45, 2.75) is 175 Å². The Hall–Kier alpha value is -0.810. The first kappa shape index (κ1) is 46.2. The van der Waals surface area contributed by atoms with E-state index in [1.54, 1.807) is 6.92 Å². The molecule has 0 amide bonds. The van der Waals surface area contributed by atoms with Gasteiger partial charge in [0, 0.05) is 25.7 Å². The van der Waals surface area contributed by atoms with Crippen molar-refractivity contribution >= 4 is 5.78 Å². The SMILES string of the molecule is CC(=O)CC(C)C.CC(C)CC1(C)O[C@H]([C@@H]2COC(C)(CC(C)C)O2)[C@@H]([C@H]2COC(C)(CC(C)C)O2)O1.OC[C@@H](O)[C@@H](O)[C@H](O)[C@@H](O)CO.[H+]. The molecule has 6 N–H and O–H groups in total. The summed E-state index contributed by atoms with van der Waals surface area (Å²) in [5, 5.41) is 52.2. The number of rotatable bonds is 15. The fourth-order valence-electron chi connectivity index (χ4n) is 6.71. The van der Waals surface area contributed by atoms with Crippen LogP contribution >= 0.6 is 0 Å². The largest absolute Gasteiger partial charge is 1.00 e. The number of aliphatic hydroxyl groups excluding tert-OH is 6. The van der Waals surface area contributed by atoms with Gasteiger partial charge in [-0.2, -0.15) is 0 Å². The summed E-state index contributed by atoms with van der Waals surface area (Å²) in [4.78, 5) is 10.3. The molecule has 0 aliphatic carbocycles. The Labute approximate surface area is 296 Å². The van der Waals surface area contributed by atoms with E-state index in [1.807, 2.05) is 34.6 Å². The molecule has 3 unspecified atom stereocenters. The zero-order chi connectivity index (χ0) is 37.9. The maximum absolute atomic E-state index is 10.3. The normalized spacial score (nSPS) is 34.1. The van der Waals surface area contributed by atoms with E-state index in [0.717, 1.165) is 25.7 Å². The van der Waals surface area contributed by atoms with E-state index in [4.69, 9.17) is 59.1 Å². The van der Waals surface area contributed by atoms with E-state index >= 15 is 0 Å². The summed E-state index contributed by atoms with van der Waals surface area (Å²) in [6.45, 7) is 24.5. The summed E-state index contributed by atoms with van der Waals surface area (Å²) in [6.07, 6.45) is -4.04. The van der Waals surface area contributed by atoms with E-state index in [2.05, 4.69) is 41.5 Å². The summed E-state index contributed by atoms with van der Waals surface area (Å²) < 4.78 is 38.2. The van der Waals surface area contributed by atoms with Gasteiger partial charge >= 0.3 is 1.43 Å². The number of carbonyl (C=O) groups excluding carboxylic acids is 1. The predicted octanol–water partition coefficient (Wildman–Crippen LogP) is 3.04. The number of carbonyl (C=O) groups is 1. The Kier molecular flexibility index (Phi) is 19.3. The van der Waals surface area contributed by atoms with Gasteiger partial charge in [-0.1, -0.05) is 55.4 Å². The zero-order valence-electron chi connectivity index (χ0n) is 33.1. The first-order chi connectivity index (χ1) is 22.5. The van der Waals surface area contributed by atoms with E-state index < -0.39 is 55.0 Å². The molecule has 11 atom stereocenters. The second-order valence-electron chi connectivity index (χ2n) is 16.1. The van der Waals surface area contributed by atoms with Gasteiger partial charge < -0.3 is 63.9 Å². The van der Waals surface area contributed by atoms with Crippen LogP contribution < -0.4 is 0 Å². The van der Waals surface area contributed by atoms with Crippen LogP contribution in [0.4, 0.5) is 0 Å². The molecular formula is C36H71O13+. The summed E-state index contributed by atoms with van der Waals surface area (Å²) in [7, 11) is 0. The van der Waals surface area contributed by atoms with Gasteiger partial charge in [0.15, 0.2) is 17.4 Å². The number of hydrogen-bond acceptors (Lipinski definition) is 13. The average Bonchev–Trinajstić information content (AvgIpc) is 3.64. The Morgan fingerprint density at radius 1 is 0.612 bits per heavy atom. The minimum atomic E-state index is -1.67. The molecule has 13 heteroatoms. The first-order valence-corrected chi connectivity index (χ1v) is 17.9. The van der Waals surface area contributed by atoms with Crippen molar-refractivity contribution in [2.75, 3.05) is 26.4 Å². The van der Waals surface area contributed by atoms with E-state index in [9.17, 15) is 4.79 Å². The molecule has 0 aromatic rings. The monoisotopic (exact) mass is 711 g/mol. The number of ether oxygens (including phenoxy) is 6. The van der Waals surface area contributed by atoms with Crippen LogP contribution in [-0.2, 0) is 33.2 Å². The second-order valence-corrected chi connectivity index (χ2v) is 16.1. The number of ketones is 1. The topological polar surface area (TPSA) is 194 Å². The van der Waals surface area contributed by atoms with E-state index in [0.29, 0.717) is 36.9 Å². The summed E-state index contributed by atoms with van der Waals surface area (Å²) in [5.41, 5.74) is 0. The van der Waals surface area contributed by atoms with Crippen molar-refractivity contribution in [1.82, 2.24) is 0 Å². The van der Waals surface area contributed by atoms with Crippen LogP contribution in [0, 0.1) is 23.7 Å². The zero-order valence-corrected chi connectivity index (χ0v) is 32.1. The number of aliphatic hydroxyl groups is 6. The molecule has 0 aromatic heterocycles. The maximum atomic E-state index is 10.3. The van der Waals surface area contributed by atoms with E-state index in [1.165, 1.54) is 0 Å². The predicted molar refractivity (Wildman–Crippen MR) is 184 cm³/mol. The van der Waals surface area contributed by atoms with Crippen molar-refractivity contribution in [3.63, 3.8) is 0 Å². The molecule has 3 saturated heterocycles. The van der Waals surface area contributed by atoms with Crippen molar-refractivity contribution in [2.24, 2.45) is 23.7 Å². The maximum Gasteiger partial charge on any atom is 1.00 e. The molecule has 49 heavy (non-hydrogen) atoms. The van der Waals surface area contributed by atoms with E-state index in [-0.39, 0.29) is 31.6 Å². The number of Topliss-reactive ketones (excluding diaryl/α,β-unsaturated/α-hetero) is 1. The minimum Gasteiger partial charge on any atom is -0.394 e. The fourth-order valence-corrected chi connectivity index (χ4v) is 6.71. The number of hydrogen-bond donors (Lipinski definition) is 6. The molecule has 292 valence electrons. The van der Waals surface area contributed by atoms with Gasteiger partial charge in [0.25, 0.3) is 0 Å². The minimum absolute atomic E-state index is 0. The van der Waals surface area contributed by atoms with Crippen LogP contribution in [0.2, 0.25) is 0 Å². The average molecular weight is 712 g/mol. The molecule has 13 nitrogen and oxygen atoms in total. The van der Waals surface area contributed by atoms with Crippen LogP contribution in [0.5, 0.6) is 0 Å². The molecule has 0 saturated carbocycles. The van der Waals surface area contributed by atoms with Gasteiger partial charge in [0.1, 0.15) is 54.6 Å². The first-order valence-electron chi connectivity index (χ1n) is 17.9. The van der Waals surface area contributed by atoms with Crippen LogP contribution in [-0.4, -0.2) is 129 Å². The second kappa shape index (κ2) is 20.4. The Morgan fingerprint density at radius 2 is 0.939 bits per heavy atom. The molecule has 3 aliphatic heterocycles. The molecule has 3 rings (SSSR count). The smallest absolute Gasteiger partial charge is 0.394 e. The van der Waals surface area contributed by atoms with Gasteiger partial charge in [-0.05, 0) is 51.4 Å². The fraction of sp³-hybridized carbons (Fsp3) is 0.972. The lowest BCUT2D eigenvalue weighted by Gasteiger charge is -2.30. The summed E-state index contributed by atoms with van der Waals surface area (Å²) in [6, 6.07) is 0. The molecule has 0 spiro atoms. The molecular weight excluding hydrogens is 640 g/mol. The molecule has 0 radical (unpaired) electrons. The van der Waals surface area contributed by atoms with Gasteiger partial charge in [0.05, 0.1) is 26.4 Å². The Balaban J connectivity index is 0.000000994. The highest BCUT2D eigenvalue weighted by Gasteiger charge is 2.57. The third-order valence-corrected chi connectivity index (χ3v) is 8.28. The highest BCUT2D eigenvalue weighted by molar-refractivity contribution is 5.75. The van der Waals surface area contributed by atoms with Crippen LogP contribution in [0.25, 0.3) is 0 Å². The molecule has 0 aromatic carbocycles. The van der Waals surface area contributed by atoms with Crippen molar-refractivity contribution in [3.8, 4) is 0 Å². The molecule has 3 fully saturated rings. The Bertz CT molecular complexity index is 897. The van der Waals surface area contributed by atoms with Crippen LogP contribution in [0.3, 0.4) is 0 Å². The van der Waals surface area contributed by atoms with Gasteiger partial charge in [-0.25, -0.2) is 0 Å².